The molecule has 0 amide bonds. The zero-order valence-corrected chi connectivity index (χ0v) is 15.4. The molecule has 1 aliphatic rings. The fourth-order valence-electron chi connectivity index (χ4n) is 2.90. The Morgan fingerprint density at radius 1 is 1.11 bits per heavy atom. The Kier molecular flexibility index (Phi) is 5.38. The molecule has 1 aromatic heterocycles. The third kappa shape index (κ3) is 3.62. The largest absolute Gasteiger partial charge is 0.490 e. The van der Waals surface area contributed by atoms with E-state index >= 15 is 0 Å². The molecular formula is C18H19ClN4O4. The van der Waals surface area contributed by atoms with E-state index in [1.807, 2.05) is 36.4 Å². The van der Waals surface area contributed by atoms with Gasteiger partial charge in [-0.1, -0.05) is 12.1 Å². The third-order valence-corrected chi connectivity index (χ3v) is 4.17. The number of nitrogen functional groups attached to an aromatic ring is 2. The van der Waals surface area contributed by atoms with Gasteiger partial charge in [-0.25, -0.2) is 4.98 Å². The summed E-state index contributed by atoms with van der Waals surface area (Å²) in [6.07, 6.45) is -0.296. The molecule has 0 saturated heterocycles. The number of ether oxygens (including phenoxy) is 4. The van der Waals surface area contributed by atoms with E-state index in [9.17, 15) is 0 Å². The molecule has 3 aromatic rings. The van der Waals surface area contributed by atoms with Crippen molar-refractivity contribution in [2.45, 2.75) is 6.10 Å². The molecule has 0 bridgehead atoms. The predicted molar refractivity (Wildman–Crippen MR) is 103 cm³/mol. The summed E-state index contributed by atoms with van der Waals surface area (Å²) in [6, 6.07) is 11.1. The van der Waals surface area contributed by atoms with Gasteiger partial charge < -0.3 is 30.4 Å². The Hall–Kier alpha value is -2.97. The van der Waals surface area contributed by atoms with Crippen LogP contribution in [0.15, 0.2) is 36.4 Å². The summed E-state index contributed by atoms with van der Waals surface area (Å²) in [5.41, 5.74) is 13.2. The summed E-state index contributed by atoms with van der Waals surface area (Å²) in [5.74, 6) is 2.40. The van der Waals surface area contributed by atoms with E-state index in [1.165, 1.54) is 0 Å². The molecule has 0 saturated carbocycles. The van der Waals surface area contributed by atoms with Crippen molar-refractivity contribution >= 4 is 35.1 Å². The first-order chi connectivity index (χ1) is 12.7. The number of rotatable bonds is 5. The quantitative estimate of drug-likeness (QED) is 0.683. The van der Waals surface area contributed by atoms with Crippen LogP contribution < -0.4 is 25.7 Å². The summed E-state index contributed by atoms with van der Waals surface area (Å²) in [4.78, 5) is 8.20. The van der Waals surface area contributed by atoms with Gasteiger partial charge >= 0.3 is 0 Å². The van der Waals surface area contributed by atoms with Gasteiger partial charge in [0.2, 0.25) is 12.7 Å². The molecule has 9 heteroatoms. The van der Waals surface area contributed by atoms with E-state index in [2.05, 4.69) is 9.97 Å². The van der Waals surface area contributed by atoms with Gasteiger partial charge in [-0.2, -0.15) is 4.98 Å². The van der Waals surface area contributed by atoms with Crippen molar-refractivity contribution in [3.05, 3.63) is 42.0 Å². The number of hydrogen-bond acceptors (Lipinski definition) is 8. The van der Waals surface area contributed by atoms with Crippen LogP contribution in [0, 0.1) is 0 Å². The third-order valence-electron chi connectivity index (χ3n) is 4.17. The molecule has 0 aliphatic carbocycles. The van der Waals surface area contributed by atoms with Crippen molar-refractivity contribution < 1.29 is 18.9 Å². The van der Waals surface area contributed by atoms with Gasteiger partial charge in [0.15, 0.2) is 11.5 Å². The Morgan fingerprint density at radius 3 is 2.74 bits per heavy atom. The first-order valence-corrected chi connectivity index (χ1v) is 8.02. The van der Waals surface area contributed by atoms with E-state index in [4.69, 9.17) is 30.4 Å². The predicted octanol–water partition coefficient (Wildman–Crippen LogP) is 2.71. The van der Waals surface area contributed by atoms with E-state index in [0.29, 0.717) is 22.4 Å². The Labute approximate surface area is 161 Å². The Morgan fingerprint density at radius 2 is 1.93 bits per heavy atom. The van der Waals surface area contributed by atoms with Gasteiger partial charge in [-0.05, 0) is 29.8 Å². The lowest BCUT2D eigenvalue weighted by atomic mass is 10.1. The van der Waals surface area contributed by atoms with Gasteiger partial charge in [0.1, 0.15) is 24.3 Å². The minimum Gasteiger partial charge on any atom is -0.490 e. The first kappa shape index (κ1) is 18.8. The summed E-state index contributed by atoms with van der Waals surface area (Å²) >= 11 is 0. The fourth-order valence-corrected chi connectivity index (χ4v) is 2.90. The van der Waals surface area contributed by atoms with Gasteiger partial charge in [-0.15, -0.1) is 12.4 Å². The number of halogens is 1. The average Bonchev–Trinajstić information content (AvgIpc) is 3.09. The molecule has 1 unspecified atom stereocenters. The van der Waals surface area contributed by atoms with Gasteiger partial charge in [0.05, 0.1) is 10.9 Å². The summed E-state index contributed by atoms with van der Waals surface area (Å²) in [6.45, 7) is 0.504. The second-order valence-corrected chi connectivity index (χ2v) is 5.77. The average molecular weight is 391 g/mol. The highest BCUT2D eigenvalue weighted by atomic mass is 35.5. The van der Waals surface area contributed by atoms with Crippen molar-refractivity contribution in [2.24, 2.45) is 0 Å². The number of nitrogens with zero attached hydrogens (tertiary/aromatic N) is 2. The SMILES string of the molecule is COC(COc1cccc2nc(N)nc(N)c12)c1ccc2c(c1)OCO2.Cl. The van der Waals surface area contributed by atoms with Gasteiger partial charge in [0.25, 0.3) is 0 Å². The highest BCUT2D eigenvalue weighted by Gasteiger charge is 2.19. The lowest BCUT2D eigenvalue weighted by Crippen LogP contribution is -2.13. The lowest BCUT2D eigenvalue weighted by Gasteiger charge is -2.18. The molecule has 0 spiro atoms. The van der Waals surface area contributed by atoms with E-state index < -0.39 is 0 Å². The second-order valence-electron chi connectivity index (χ2n) is 5.77. The number of anilines is 2. The lowest BCUT2D eigenvalue weighted by molar-refractivity contribution is 0.0580. The normalized spacial score (nSPS) is 13.2. The van der Waals surface area contributed by atoms with Crippen LogP contribution in [0.1, 0.15) is 11.7 Å². The summed E-state index contributed by atoms with van der Waals surface area (Å²) in [5, 5.41) is 0.627. The number of nitrogens with two attached hydrogens (primary N) is 2. The fraction of sp³-hybridized carbons (Fsp3) is 0.222. The van der Waals surface area contributed by atoms with Crippen molar-refractivity contribution in [2.75, 3.05) is 32.0 Å². The number of fused-ring (bicyclic) bond motifs is 2. The van der Waals surface area contributed by atoms with Gasteiger partial charge in [0, 0.05) is 7.11 Å². The van der Waals surface area contributed by atoms with Crippen LogP contribution in [0.4, 0.5) is 11.8 Å². The van der Waals surface area contributed by atoms with Crippen LogP contribution in [-0.2, 0) is 4.74 Å². The molecular weight excluding hydrogens is 372 g/mol. The molecule has 2 heterocycles. The van der Waals surface area contributed by atoms with Crippen LogP contribution >= 0.6 is 12.4 Å². The highest BCUT2D eigenvalue weighted by molar-refractivity contribution is 5.94. The molecule has 27 heavy (non-hydrogen) atoms. The monoisotopic (exact) mass is 390 g/mol. The zero-order chi connectivity index (χ0) is 18.1. The van der Waals surface area contributed by atoms with Crippen LogP contribution in [0.3, 0.4) is 0 Å². The number of benzene rings is 2. The van der Waals surface area contributed by atoms with E-state index in [-0.39, 0.29) is 43.7 Å². The molecule has 0 radical (unpaired) electrons. The van der Waals surface area contributed by atoms with Crippen LogP contribution in [0.5, 0.6) is 17.2 Å². The highest BCUT2D eigenvalue weighted by Crippen LogP contribution is 2.35. The van der Waals surface area contributed by atoms with Crippen molar-refractivity contribution in [1.29, 1.82) is 0 Å². The van der Waals surface area contributed by atoms with Crippen LogP contribution in [0.25, 0.3) is 10.9 Å². The molecule has 2 aromatic carbocycles. The summed E-state index contributed by atoms with van der Waals surface area (Å²) in [7, 11) is 1.62. The Balaban J connectivity index is 0.00000210. The Bertz CT molecular complexity index is 969. The van der Waals surface area contributed by atoms with Crippen LogP contribution in [-0.4, -0.2) is 30.5 Å². The maximum absolute atomic E-state index is 6.00. The molecule has 4 N–H and O–H groups in total. The molecule has 142 valence electrons. The molecule has 0 fully saturated rings. The zero-order valence-electron chi connectivity index (χ0n) is 14.5. The van der Waals surface area contributed by atoms with Crippen molar-refractivity contribution in [3.8, 4) is 17.2 Å². The molecule has 4 rings (SSSR count). The summed E-state index contributed by atoms with van der Waals surface area (Å²) < 4.78 is 22.3. The van der Waals surface area contributed by atoms with Crippen molar-refractivity contribution in [3.63, 3.8) is 0 Å². The number of aromatic nitrogens is 2. The van der Waals surface area contributed by atoms with Gasteiger partial charge in [-0.3, -0.25) is 0 Å². The minimum atomic E-state index is -0.296. The minimum absolute atomic E-state index is 0. The maximum atomic E-state index is 6.00. The smallest absolute Gasteiger partial charge is 0.231 e. The van der Waals surface area contributed by atoms with Crippen LogP contribution in [0.2, 0.25) is 0 Å². The molecule has 8 nitrogen and oxygen atoms in total. The maximum Gasteiger partial charge on any atom is 0.231 e. The van der Waals surface area contributed by atoms with E-state index in [0.717, 1.165) is 11.3 Å². The standard InChI is InChI=1S/C18H18N4O4.ClH/c1-23-15(10-5-6-12-14(7-10)26-9-25-12)8-24-13-4-2-3-11-16(13)17(19)22-18(20)21-11;/h2-7,15H,8-9H2,1H3,(H4,19,20,21,22);1H. The number of hydrogen-bond donors (Lipinski definition) is 2. The topological polar surface area (TPSA) is 115 Å². The van der Waals surface area contributed by atoms with Crippen molar-refractivity contribution in [1.82, 2.24) is 9.97 Å². The molecule has 1 aliphatic heterocycles. The first-order valence-electron chi connectivity index (χ1n) is 8.02. The van der Waals surface area contributed by atoms with E-state index in [1.54, 1.807) is 7.11 Å². The number of methoxy groups -OCH3 is 1. The second kappa shape index (κ2) is 7.73. The molecule has 1 atom stereocenters.